The SMILES string of the molecule is CC(C)C1CCCC1CC#N. The van der Waals surface area contributed by atoms with Gasteiger partial charge in [-0.1, -0.05) is 20.3 Å². The minimum Gasteiger partial charge on any atom is -0.198 e. The molecule has 2 atom stereocenters. The molecule has 1 rings (SSSR count). The predicted molar refractivity (Wildman–Crippen MR) is 45.9 cm³/mol. The van der Waals surface area contributed by atoms with Gasteiger partial charge in [0.2, 0.25) is 0 Å². The Morgan fingerprint density at radius 3 is 2.73 bits per heavy atom. The smallest absolute Gasteiger partial charge is 0.0624 e. The van der Waals surface area contributed by atoms with E-state index < -0.39 is 0 Å². The second-order valence-electron chi connectivity index (χ2n) is 3.96. The Morgan fingerprint density at radius 1 is 1.45 bits per heavy atom. The van der Waals surface area contributed by atoms with Gasteiger partial charge < -0.3 is 0 Å². The van der Waals surface area contributed by atoms with Crippen LogP contribution in [0.2, 0.25) is 0 Å². The fraction of sp³-hybridized carbons (Fsp3) is 0.900. The Hall–Kier alpha value is -0.510. The molecular weight excluding hydrogens is 134 g/mol. The highest BCUT2D eigenvalue weighted by atomic mass is 14.4. The van der Waals surface area contributed by atoms with E-state index in [0.29, 0.717) is 5.92 Å². The third-order valence-corrected chi connectivity index (χ3v) is 2.93. The van der Waals surface area contributed by atoms with E-state index in [9.17, 15) is 0 Å². The summed E-state index contributed by atoms with van der Waals surface area (Å²) in [5.74, 6) is 2.31. The zero-order chi connectivity index (χ0) is 8.27. The molecule has 1 heteroatoms. The van der Waals surface area contributed by atoms with Crippen molar-refractivity contribution in [3.63, 3.8) is 0 Å². The van der Waals surface area contributed by atoms with E-state index in [1.165, 1.54) is 19.3 Å². The monoisotopic (exact) mass is 151 g/mol. The van der Waals surface area contributed by atoms with Crippen molar-refractivity contribution in [3.05, 3.63) is 0 Å². The molecule has 0 radical (unpaired) electrons. The van der Waals surface area contributed by atoms with Crippen molar-refractivity contribution in [3.8, 4) is 6.07 Å². The van der Waals surface area contributed by atoms with E-state index >= 15 is 0 Å². The maximum atomic E-state index is 8.58. The lowest BCUT2D eigenvalue weighted by Gasteiger charge is -2.20. The molecule has 1 saturated carbocycles. The lowest BCUT2D eigenvalue weighted by atomic mass is 9.85. The highest BCUT2D eigenvalue weighted by molar-refractivity contribution is 4.86. The molecule has 0 bridgehead atoms. The molecule has 0 heterocycles. The molecule has 2 unspecified atom stereocenters. The molecule has 0 spiro atoms. The van der Waals surface area contributed by atoms with Gasteiger partial charge >= 0.3 is 0 Å². The van der Waals surface area contributed by atoms with Crippen LogP contribution in [0.5, 0.6) is 0 Å². The summed E-state index contributed by atoms with van der Waals surface area (Å²) in [7, 11) is 0. The Balaban J connectivity index is 2.45. The van der Waals surface area contributed by atoms with Crippen molar-refractivity contribution in [2.45, 2.75) is 39.5 Å². The quantitative estimate of drug-likeness (QED) is 0.595. The number of hydrogen-bond donors (Lipinski definition) is 0. The fourth-order valence-corrected chi connectivity index (χ4v) is 2.31. The summed E-state index contributed by atoms with van der Waals surface area (Å²) in [6.45, 7) is 4.56. The highest BCUT2D eigenvalue weighted by Gasteiger charge is 2.28. The van der Waals surface area contributed by atoms with Crippen LogP contribution in [0.25, 0.3) is 0 Å². The molecular formula is C10H17N. The van der Waals surface area contributed by atoms with E-state index in [1.807, 2.05) is 0 Å². The van der Waals surface area contributed by atoms with Crippen LogP contribution in [0.1, 0.15) is 39.5 Å². The van der Waals surface area contributed by atoms with E-state index in [-0.39, 0.29) is 0 Å². The molecule has 0 aromatic heterocycles. The lowest BCUT2D eigenvalue weighted by Crippen LogP contribution is -2.13. The van der Waals surface area contributed by atoms with Crippen molar-refractivity contribution in [2.24, 2.45) is 17.8 Å². The van der Waals surface area contributed by atoms with Gasteiger partial charge in [0.1, 0.15) is 0 Å². The second-order valence-corrected chi connectivity index (χ2v) is 3.96. The van der Waals surface area contributed by atoms with Crippen LogP contribution in [0.15, 0.2) is 0 Å². The third-order valence-electron chi connectivity index (χ3n) is 2.93. The van der Waals surface area contributed by atoms with Crippen LogP contribution < -0.4 is 0 Å². The van der Waals surface area contributed by atoms with Crippen LogP contribution in [-0.4, -0.2) is 0 Å². The third kappa shape index (κ3) is 1.96. The van der Waals surface area contributed by atoms with E-state index in [4.69, 9.17) is 5.26 Å². The van der Waals surface area contributed by atoms with Gasteiger partial charge in [-0.25, -0.2) is 0 Å². The van der Waals surface area contributed by atoms with Gasteiger partial charge in [-0.15, -0.1) is 0 Å². The predicted octanol–water partition coefficient (Wildman–Crippen LogP) is 2.97. The van der Waals surface area contributed by atoms with Crippen LogP contribution in [0.4, 0.5) is 0 Å². The minimum absolute atomic E-state index is 0.708. The molecule has 0 N–H and O–H groups in total. The van der Waals surface area contributed by atoms with Crippen molar-refractivity contribution < 1.29 is 0 Å². The van der Waals surface area contributed by atoms with Gasteiger partial charge in [0.25, 0.3) is 0 Å². The Labute approximate surface area is 69.4 Å². The number of hydrogen-bond acceptors (Lipinski definition) is 1. The Bertz CT molecular complexity index is 155. The number of nitriles is 1. The summed E-state index contributed by atoms with van der Waals surface area (Å²) in [6, 6.07) is 2.29. The van der Waals surface area contributed by atoms with Gasteiger partial charge in [-0.05, 0) is 30.6 Å². The molecule has 0 saturated heterocycles. The van der Waals surface area contributed by atoms with Crippen molar-refractivity contribution in [1.29, 1.82) is 5.26 Å². The van der Waals surface area contributed by atoms with Crippen LogP contribution >= 0.6 is 0 Å². The average molecular weight is 151 g/mol. The van der Waals surface area contributed by atoms with Gasteiger partial charge in [0.05, 0.1) is 6.07 Å². The summed E-state index contributed by atoms with van der Waals surface area (Å²) >= 11 is 0. The van der Waals surface area contributed by atoms with Crippen LogP contribution in [0.3, 0.4) is 0 Å². The molecule has 1 nitrogen and oxygen atoms in total. The Kier molecular flexibility index (Phi) is 2.93. The molecule has 62 valence electrons. The molecule has 0 amide bonds. The maximum Gasteiger partial charge on any atom is 0.0624 e. The minimum atomic E-state index is 0.708. The summed E-state index contributed by atoms with van der Waals surface area (Å²) < 4.78 is 0. The molecule has 0 aliphatic heterocycles. The van der Waals surface area contributed by atoms with E-state index in [2.05, 4.69) is 19.9 Å². The van der Waals surface area contributed by atoms with Gasteiger partial charge in [0.15, 0.2) is 0 Å². The van der Waals surface area contributed by atoms with Crippen LogP contribution in [0, 0.1) is 29.1 Å². The van der Waals surface area contributed by atoms with Crippen molar-refractivity contribution in [2.75, 3.05) is 0 Å². The topological polar surface area (TPSA) is 23.8 Å². The first-order chi connectivity index (χ1) is 5.25. The molecule has 1 fully saturated rings. The maximum absolute atomic E-state index is 8.58. The zero-order valence-corrected chi connectivity index (χ0v) is 7.51. The molecule has 0 aromatic rings. The molecule has 11 heavy (non-hydrogen) atoms. The second kappa shape index (κ2) is 3.76. The van der Waals surface area contributed by atoms with Crippen molar-refractivity contribution >= 4 is 0 Å². The first-order valence-electron chi connectivity index (χ1n) is 4.62. The van der Waals surface area contributed by atoms with Crippen molar-refractivity contribution in [1.82, 2.24) is 0 Å². The molecule has 1 aliphatic rings. The van der Waals surface area contributed by atoms with E-state index in [0.717, 1.165) is 18.3 Å². The molecule has 0 aromatic carbocycles. The van der Waals surface area contributed by atoms with Gasteiger partial charge in [-0.3, -0.25) is 0 Å². The Morgan fingerprint density at radius 2 is 2.18 bits per heavy atom. The van der Waals surface area contributed by atoms with Crippen LogP contribution in [-0.2, 0) is 0 Å². The normalized spacial score (nSPS) is 30.7. The van der Waals surface area contributed by atoms with Gasteiger partial charge in [-0.2, -0.15) is 5.26 Å². The molecule has 1 aliphatic carbocycles. The average Bonchev–Trinajstić information content (AvgIpc) is 2.36. The largest absolute Gasteiger partial charge is 0.198 e. The van der Waals surface area contributed by atoms with Gasteiger partial charge in [0, 0.05) is 6.42 Å². The summed E-state index contributed by atoms with van der Waals surface area (Å²) in [5, 5.41) is 8.58. The standard InChI is InChI=1S/C10H17N/c1-8(2)10-5-3-4-9(10)6-7-11/h8-10H,3-6H2,1-2H3. The lowest BCUT2D eigenvalue weighted by molar-refractivity contribution is 0.299. The first kappa shape index (κ1) is 8.59. The number of rotatable bonds is 2. The number of nitrogens with zero attached hydrogens (tertiary/aromatic N) is 1. The summed E-state index contributed by atoms with van der Waals surface area (Å²) in [5.41, 5.74) is 0. The summed E-state index contributed by atoms with van der Waals surface area (Å²) in [4.78, 5) is 0. The summed E-state index contributed by atoms with van der Waals surface area (Å²) in [6.07, 6.45) is 4.76. The zero-order valence-electron chi connectivity index (χ0n) is 7.51. The van der Waals surface area contributed by atoms with E-state index in [1.54, 1.807) is 0 Å². The first-order valence-corrected chi connectivity index (χ1v) is 4.62. The highest BCUT2D eigenvalue weighted by Crippen LogP contribution is 2.38. The fourth-order valence-electron chi connectivity index (χ4n) is 2.31.